The van der Waals surface area contributed by atoms with E-state index < -0.39 is 24.6 Å². The van der Waals surface area contributed by atoms with Gasteiger partial charge in [0.1, 0.15) is 0 Å². The van der Waals surface area contributed by atoms with E-state index in [-0.39, 0.29) is 31.2 Å². The number of carbonyl (C=O) groups is 2. The number of aromatic nitrogens is 1. The first-order chi connectivity index (χ1) is 18.6. The Balaban J connectivity index is 1.46. The van der Waals surface area contributed by atoms with Crippen LogP contribution >= 0.6 is 0 Å². The fraction of sp³-hybridized carbons (Fsp3) is 0.414. The molecule has 1 unspecified atom stereocenters. The van der Waals surface area contributed by atoms with Gasteiger partial charge in [-0.05, 0) is 56.0 Å². The maximum absolute atomic E-state index is 13.5. The monoisotopic (exact) mass is 532 g/mol. The number of rotatable bonds is 11. The van der Waals surface area contributed by atoms with Gasteiger partial charge >= 0.3 is 7.12 Å². The maximum atomic E-state index is 13.5. The Morgan fingerprint density at radius 1 is 1.10 bits per heavy atom. The van der Waals surface area contributed by atoms with Crippen molar-refractivity contribution >= 4 is 35.5 Å². The van der Waals surface area contributed by atoms with Crippen LogP contribution < -0.4 is 10.6 Å². The summed E-state index contributed by atoms with van der Waals surface area (Å²) in [6.45, 7) is 8.22. The van der Waals surface area contributed by atoms with Crippen molar-refractivity contribution in [1.29, 1.82) is 0 Å². The van der Waals surface area contributed by atoms with Gasteiger partial charge in [-0.25, -0.2) is 0 Å². The number of nitrogens with one attached hydrogen (secondary N) is 2. The summed E-state index contributed by atoms with van der Waals surface area (Å²) in [6, 6.07) is 17.3. The third kappa shape index (κ3) is 6.69. The van der Waals surface area contributed by atoms with Crippen LogP contribution in [0, 0.1) is 5.92 Å². The highest BCUT2D eigenvalue weighted by Gasteiger charge is 2.48. The van der Waals surface area contributed by atoms with Gasteiger partial charge in [-0.2, -0.15) is 0 Å². The second-order valence-corrected chi connectivity index (χ2v) is 11.0. The molecule has 1 aliphatic rings. The second kappa shape index (κ2) is 12.0. The van der Waals surface area contributed by atoms with Crippen LogP contribution in [0.5, 0.6) is 0 Å². The lowest BCUT2D eigenvalue weighted by molar-refractivity contribution is -0.144. The normalized spacial score (nSPS) is 17.7. The lowest BCUT2D eigenvalue weighted by Gasteiger charge is -2.29. The Labute approximate surface area is 229 Å². The summed E-state index contributed by atoms with van der Waals surface area (Å²) < 4.78 is 2.15. The molecule has 39 heavy (non-hydrogen) atoms. The van der Waals surface area contributed by atoms with Crippen molar-refractivity contribution in [3.8, 4) is 0 Å². The average Bonchev–Trinajstić information content (AvgIpc) is 3.51. The van der Waals surface area contributed by atoms with Gasteiger partial charge in [0, 0.05) is 41.5 Å². The Morgan fingerprint density at radius 2 is 1.85 bits per heavy atom. The summed E-state index contributed by atoms with van der Waals surface area (Å²) in [6.07, 6.45) is 2.79. The number of oxime groups is 1. The summed E-state index contributed by atoms with van der Waals surface area (Å²) in [4.78, 5) is 32.3. The van der Waals surface area contributed by atoms with E-state index in [1.54, 1.807) is 6.07 Å². The number of fused-ring (bicyclic) bond motifs is 1. The Morgan fingerprint density at radius 3 is 2.51 bits per heavy atom. The van der Waals surface area contributed by atoms with Gasteiger partial charge in [-0.1, -0.05) is 49.3 Å². The number of amides is 2. The molecule has 0 fully saturated rings. The molecule has 3 aromatic rings. The molecule has 0 saturated heterocycles. The zero-order valence-electron chi connectivity index (χ0n) is 22.9. The molecule has 10 heteroatoms. The number of hydrogen-bond donors (Lipinski definition) is 4. The zero-order valence-corrected chi connectivity index (χ0v) is 22.9. The maximum Gasteiger partial charge on any atom is 0.475 e. The first-order valence-electron chi connectivity index (χ1n) is 13.4. The smallest absolute Gasteiger partial charge is 0.426 e. The lowest BCUT2D eigenvalue weighted by Crippen LogP contribution is -2.56. The van der Waals surface area contributed by atoms with Crippen molar-refractivity contribution in [3.63, 3.8) is 0 Å². The minimum Gasteiger partial charge on any atom is -0.426 e. The molecular weight excluding hydrogens is 495 g/mol. The van der Waals surface area contributed by atoms with Crippen molar-refractivity contribution in [2.24, 2.45) is 11.1 Å². The SMILES string of the molecule is CC(C)C[C@H](NC(=O)C1(Cc2ccccc2)CC(CNC(=O)c2ccc3c(ccn3C(C)C)c2)=NO1)B(O)O. The summed E-state index contributed by atoms with van der Waals surface area (Å²) in [7, 11) is -1.71. The van der Waals surface area contributed by atoms with Crippen molar-refractivity contribution in [1.82, 2.24) is 15.2 Å². The number of nitrogens with zero attached hydrogens (tertiary/aromatic N) is 2. The average molecular weight is 532 g/mol. The van der Waals surface area contributed by atoms with E-state index in [9.17, 15) is 19.6 Å². The summed E-state index contributed by atoms with van der Waals surface area (Å²) in [5, 5.41) is 30.5. The van der Waals surface area contributed by atoms with Gasteiger partial charge in [0.2, 0.25) is 5.60 Å². The molecule has 4 N–H and O–H groups in total. The molecule has 0 bridgehead atoms. The van der Waals surface area contributed by atoms with E-state index in [2.05, 4.69) is 34.2 Å². The fourth-order valence-electron chi connectivity index (χ4n) is 4.97. The number of carbonyl (C=O) groups excluding carboxylic acids is 2. The minimum absolute atomic E-state index is 0.117. The molecule has 1 aromatic heterocycles. The van der Waals surface area contributed by atoms with Crippen LogP contribution in [-0.2, 0) is 16.1 Å². The Kier molecular flexibility index (Phi) is 8.77. The van der Waals surface area contributed by atoms with Crippen LogP contribution in [0.4, 0.5) is 0 Å². The highest BCUT2D eigenvalue weighted by molar-refractivity contribution is 6.43. The molecule has 2 heterocycles. The van der Waals surface area contributed by atoms with Crippen molar-refractivity contribution in [3.05, 3.63) is 71.9 Å². The molecule has 0 radical (unpaired) electrons. The molecule has 1 aliphatic heterocycles. The third-order valence-corrected chi connectivity index (χ3v) is 6.98. The molecule has 206 valence electrons. The topological polar surface area (TPSA) is 125 Å². The van der Waals surface area contributed by atoms with Gasteiger partial charge < -0.3 is 30.1 Å². The van der Waals surface area contributed by atoms with E-state index in [0.717, 1.165) is 16.5 Å². The summed E-state index contributed by atoms with van der Waals surface area (Å²) >= 11 is 0. The molecule has 2 amide bonds. The minimum atomic E-state index is -1.71. The lowest BCUT2D eigenvalue weighted by atomic mass is 9.74. The van der Waals surface area contributed by atoms with Gasteiger partial charge in [-0.15, -0.1) is 0 Å². The van der Waals surface area contributed by atoms with E-state index in [4.69, 9.17) is 4.84 Å². The molecule has 9 nitrogen and oxygen atoms in total. The van der Waals surface area contributed by atoms with Crippen molar-refractivity contribution in [2.45, 2.75) is 64.5 Å². The summed E-state index contributed by atoms with van der Waals surface area (Å²) in [5.74, 6) is -1.44. The van der Waals surface area contributed by atoms with E-state index in [1.807, 2.05) is 68.6 Å². The Hall–Kier alpha value is -3.63. The van der Waals surface area contributed by atoms with Crippen LogP contribution in [-0.4, -0.2) is 57.3 Å². The highest BCUT2D eigenvalue weighted by Crippen LogP contribution is 2.29. The van der Waals surface area contributed by atoms with E-state index in [1.165, 1.54) is 0 Å². The van der Waals surface area contributed by atoms with Crippen molar-refractivity contribution in [2.75, 3.05) is 6.54 Å². The van der Waals surface area contributed by atoms with Crippen LogP contribution in [0.25, 0.3) is 10.9 Å². The first-order valence-corrected chi connectivity index (χ1v) is 13.4. The van der Waals surface area contributed by atoms with Crippen molar-refractivity contribution < 1.29 is 24.5 Å². The molecule has 4 rings (SSSR count). The molecule has 0 aliphatic carbocycles. The molecular formula is C29H37BN4O5. The highest BCUT2D eigenvalue weighted by atomic mass is 16.7. The fourth-order valence-corrected chi connectivity index (χ4v) is 4.97. The first kappa shape index (κ1) is 28.4. The molecule has 0 saturated carbocycles. The van der Waals surface area contributed by atoms with Gasteiger partial charge in [0.15, 0.2) is 0 Å². The van der Waals surface area contributed by atoms with Crippen LogP contribution in [0.2, 0.25) is 0 Å². The summed E-state index contributed by atoms with van der Waals surface area (Å²) in [5.41, 5.74) is 1.62. The quantitative estimate of drug-likeness (QED) is 0.282. The predicted molar refractivity (Wildman–Crippen MR) is 152 cm³/mol. The zero-order chi connectivity index (χ0) is 28.2. The molecule has 2 aromatic carbocycles. The third-order valence-electron chi connectivity index (χ3n) is 6.98. The Bertz CT molecular complexity index is 1340. The van der Waals surface area contributed by atoms with Gasteiger partial charge in [-0.3, -0.25) is 9.59 Å². The number of hydrogen-bond acceptors (Lipinski definition) is 6. The largest absolute Gasteiger partial charge is 0.475 e. The number of benzene rings is 2. The van der Waals surface area contributed by atoms with Gasteiger partial charge in [0.25, 0.3) is 11.8 Å². The van der Waals surface area contributed by atoms with Gasteiger partial charge in [0.05, 0.1) is 18.2 Å². The van der Waals surface area contributed by atoms with E-state index >= 15 is 0 Å². The van der Waals surface area contributed by atoms with Crippen LogP contribution in [0.15, 0.2) is 65.9 Å². The predicted octanol–water partition coefficient (Wildman–Crippen LogP) is 3.25. The second-order valence-electron chi connectivity index (χ2n) is 11.0. The van der Waals surface area contributed by atoms with Crippen LogP contribution in [0.3, 0.4) is 0 Å². The standard InChI is InChI=1S/C29H37BN4O5/c1-19(2)14-26(30(37)38)32-28(36)29(16-21-8-6-5-7-9-21)17-24(33-39-29)18-31-27(35)23-10-11-25-22(15-23)12-13-34(25)20(3)4/h5-13,15,19-20,26,37-38H,14,16-18H2,1-4H3,(H,31,35)(H,32,36)/t26-,29?/m0/s1. The van der Waals surface area contributed by atoms with Crippen LogP contribution in [0.1, 0.15) is 62.5 Å². The molecule has 2 atom stereocenters. The molecule has 0 spiro atoms. The van der Waals surface area contributed by atoms with E-state index in [0.29, 0.717) is 23.7 Å².